The van der Waals surface area contributed by atoms with Gasteiger partial charge in [0.2, 0.25) is 0 Å². The SMILES string of the molecule is CCC(C)(C)[C@H]1CCc2c(sc3c2C(=O)N[C@@H](c2ccccc2F)N3)C1. The molecule has 3 nitrogen and oxygen atoms in total. The lowest BCUT2D eigenvalue weighted by Gasteiger charge is -2.36. The Morgan fingerprint density at radius 3 is 2.77 bits per heavy atom. The number of rotatable bonds is 3. The van der Waals surface area contributed by atoms with Crippen molar-refractivity contribution in [3.8, 4) is 0 Å². The highest BCUT2D eigenvalue weighted by atomic mass is 32.1. The number of halogens is 1. The van der Waals surface area contributed by atoms with E-state index in [2.05, 4.69) is 31.4 Å². The molecular weight excluding hydrogens is 347 g/mol. The van der Waals surface area contributed by atoms with Crippen LogP contribution in [0.5, 0.6) is 0 Å². The molecule has 2 atom stereocenters. The van der Waals surface area contributed by atoms with Gasteiger partial charge in [-0.25, -0.2) is 4.39 Å². The van der Waals surface area contributed by atoms with Gasteiger partial charge in [-0.05, 0) is 42.2 Å². The van der Waals surface area contributed by atoms with Gasteiger partial charge in [0.25, 0.3) is 5.91 Å². The summed E-state index contributed by atoms with van der Waals surface area (Å²) >= 11 is 1.68. The number of fused-ring (bicyclic) bond motifs is 3. The second-order valence-corrected chi connectivity index (χ2v) is 9.17. The number of nitrogens with one attached hydrogen (secondary N) is 2. The van der Waals surface area contributed by atoms with E-state index in [4.69, 9.17) is 0 Å². The van der Waals surface area contributed by atoms with E-state index in [0.29, 0.717) is 16.9 Å². The summed E-state index contributed by atoms with van der Waals surface area (Å²) in [5.74, 6) is 0.253. The van der Waals surface area contributed by atoms with Crippen molar-refractivity contribution in [3.63, 3.8) is 0 Å². The van der Waals surface area contributed by atoms with E-state index in [1.54, 1.807) is 29.5 Å². The van der Waals surface area contributed by atoms with Crippen LogP contribution in [0.1, 0.15) is 66.1 Å². The molecule has 1 aromatic carbocycles. The number of carbonyl (C=O) groups excluding carboxylic acids is 1. The number of hydrogen-bond acceptors (Lipinski definition) is 3. The molecule has 4 rings (SSSR count). The molecule has 26 heavy (non-hydrogen) atoms. The molecular formula is C21H25FN2OS. The van der Waals surface area contributed by atoms with Crippen LogP contribution in [0.25, 0.3) is 0 Å². The van der Waals surface area contributed by atoms with Crippen LogP contribution in [-0.4, -0.2) is 5.91 Å². The molecule has 0 saturated carbocycles. The van der Waals surface area contributed by atoms with E-state index in [0.717, 1.165) is 36.2 Å². The molecule has 2 N–H and O–H groups in total. The summed E-state index contributed by atoms with van der Waals surface area (Å²) in [6.07, 6.45) is 3.76. The summed E-state index contributed by atoms with van der Waals surface area (Å²) in [4.78, 5) is 14.1. The summed E-state index contributed by atoms with van der Waals surface area (Å²) < 4.78 is 14.1. The van der Waals surface area contributed by atoms with Gasteiger partial charge in [0.15, 0.2) is 0 Å². The third kappa shape index (κ3) is 2.82. The average Bonchev–Trinajstić information content (AvgIpc) is 3.00. The van der Waals surface area contributed by atoms with Crippen molar-refractivity contribution in [2.24, 2.45) is 11.3 Å². The van der Waals surface area contributed by atoms with Crippen molar-refractivity contribution in [3.05, 3.63) is 51.7 Å². The zero-order valence-corrected chi connectivity index (χ0v) is 16.3. The van der Waals surface area contributed by atoms with Crippen molar-refractivity contribution < 1.29 is 9.18 Å². The number of amides is 1. The van der Waals surface area contributed by atoms with Crippen LogP contribution >= 0.6 is 11.3 Å². The third-order valence-electron chi connectivity index (χ3n) is 6.28. The molecule has 0 spiro atoms. The highest BCUT2D eigenvalue weighted by Gasteiger charge is 2.37. The van der Waals surface area contributed by atoms with Gasteiger partial charge in [-0.15, -0.1) is 11.3 Å². The first kappa shape index (κ1) is 17.5. The molecule has 5 heteroatoms. The maximum Gasteiger partial charge on any atom is 0.256 e. The standard InChI is InChI=1S/C21H25FN2OS/c1-4-21(2,3)12-9-10-14-16(11-12)26-20-17(14)19(25)23-18(24-20)13-7-5-6-8-15(13)22/h5-8,12,18,24H,4,9-11H2,1-3H3,(H,23,25)/t12-,18+/m0/s1. The van der Waals surface area contributed by atoms with Crippen molar-refractivity contribution in [2.75, 3.05) is 5.32 Å². The average molecular weight is 373 g/mol. The zero-order chi connectivity index (χ0) is 18.5. The number of benzene rings is 1. The normalized spacial score (nSPS) is 22.2. The van der Waals surface area contributed by atoms with Crippen LogP contribution in [0.15, 0.2) is 24.3 Å². The summed E-state index contributed by atoms with van der Waals surface area (Å²) in [6.45, 7) is 6.94. The van der Waals surface area contributed by atoms with Crippen LogP contribution in [0.4, 0.5) is 9.39 Å². The maximum absolute atomic E-state index is 14.1. The molecule has 1 aliphatic carbocycles. The van der Waals surface area contributed by atoms with Crippen molar-refractivity contribution in [2.45, 2.75) is 52.6 Å². The molecule has 2 aromatic rings. The lowest BCUT2D eigenvalue weighted by atomic mass is 9.69. The Balaban J connectivity index is 1.65. The van der Waals surface area contributed by atoms with E-state index in [1.807, 2.05) is 0 Å². The van der Waals surface area contributed by atoms with E-state index < -0.39 is 6.17 Å². The molecule has 0 unspecified atom stereocenters. The van der Waals surface area contributed by atoms with Gasteiger partial charge >= 0.3 is 0 Å². The van der Waals surface area contributed by atoms with Crippen LogP contribution in [0, 0.1) is 17.2 Å². The lowest BCUT2D eigenvalue weighted by Crippen LogP contribution is -2.39. The fraction of sp³-hybridized carbons (Fsp3) is 0.476. The van der Waals surface area contributed by atoms with Crippen molar-refractivity contribution >= 4 is 22.2 Å². The topological polar surface area (TPSA) is 41.1 Å². The van der Waals surface area contributed by atoms with Crippen molar-refractivity contribution in [1.82, 2.24) is 5.32 Å². The predicted molar refractivity (Wildman–Crippen MR) is 104 cm³/mol. The minimum atomic E-state index is -0.515. The van der Waals surface area contributed by atoms with Gasteiger partial charge in [-0.3, -0.25) is 4.79 Å². The van der Waals surface area contributed by atoms with E-state index in [-0.39, 0.29) is 11.7 Å². The fourth-order valence-electron chi connectivity index (χ4n) is 4.12. The molecule has 1 amide bonds. The third-order valence-corrected chi connectivity index (χ3v) is 7.46. The lowest BCUT2D eigenvalue weighted by molar-refractivity contribution is 0.0934. The second kappa shape index (κ2) is 6.38. The highest BCUT2D eigenvalue weighted by molar-refractivity contribution is 7.16. The van der Waals surface area contributed by atoms with Gasteiger partial charge in [0, 0.05) is 10.4 Å². The Bertz CT molecular complexity index is 858. The summed E-state index contributed by atoms with van der Waals surface area (Å²) in [5, 5.41) is 7.18. The molecule has 0 bridgehead atoms. The Kier molecular flexibility index (Phi) is 4.30. The van der Waals surface area contributed by atoms with E-state index in [1.165, 1.54) is 16.5 Å². The highest BCUT2D eigenvalue weighted by Crippen LogP contribution is 2.47. The van der Waals surface area contributed by atoms with Crippen molar-refractivity contribution in [1.29, 1.82) is 0 Å². The summed E-state index contributed by atoms with van der Waals surface area (Å²) in [5.41, 5.74) is 2.77. The van der Waals surface area contributed by atoms with Gasteiger partial charge in [-0.1, -0.05) is 45.4 Å². The minimum Gasteiger partial charge on any atom is -0.353 e. The van der Waals surface area contributed by atoms with Gasteiger partial charge in [0.05, 0.1) is 5.56 Å². The number of carbonyl (C=O) groups is 1. The van der Waals surface area contributed by atoms with Crippen LogP contribution in [-0.2, 0) is 12.8 Å². The smallest absolute Gasteiger partial charge is 0.256 e. The van der Waals surface area contributed by atoms with Gasteiger partial charge < -0.3 is 10.6 Å². The fourth-order valence-corrected chi connectivity index (χ4v) is 5.47. The molecule has 1 aromatic heterocycles. The number of anilines is 1. The summed E-state index contributed by atoms with van der Waals surface area (Å²) in [6, 6.07) is 6.59. The molecule has 0 fully saturated rings. The Labute approximate surface area is 158 Å². The minimum absolute atomic E-state index is 0.0855. The molecule has 2 heterocycles. The monoisotopic (exact) mass is 372 g/mol. The Morgan fingerprint density at radius 1 is 1.27 bits per heavy atom. The first-order valence-corrected chi connectivity index (χ1v) is 10.2. The van der Waals surface area contributed by atoms with Crippen LogP contribution in [0.2, 0.25) is 0 Å². The molecule has 0 saturated heterocycles. The van der Waals surface area contributed by atoms with Gasteiger partial charge in [-0.2, -0.15) is 0 Å². The number of hydrogen-bond donors (Lipinski definition) is 2. The molecule has 1 aliphatic heterocycles. The van der Waals surface area contributed by atoms with Crippen LogP contribution in [0.3, 0.4) is 0 Å². The summed E-state index contributed by atoms with van der Waals surface area (Å²) in [7, 11) is 0. The quantitative estimate of drug-likeness (QED) is 0.769. The van der Waals surface area contributed by atoms with E-state index in [9.17, 15) is 9.18 Å². The largest absolute Gasteiger partial charge is 0.353 e. The predicted octanol–water partition coefficient (Wildman–Crippen LogP) is 5.28. The molecule has 138 valence electrons. The Morgan fingerprint density at radius 2 is 2.04 bits per heavy atom. The molecule has 0 radical (unpaired) electrons. The second-order valence-electron chi connectivity index (χ2n) is 8.06. The van der Waals surface area contributed by atoms with Gasteiger partial charge in [0.1, 0.15) is 17.0 Å². The first-order chi connectivity index (χ1) is 12.4. The number of thiophene rings is 1. The zero-order valence-electron chi connectivity index (χ0n) is 15.5. The maximum atomic E-state index is 14.1. The van der Waals surface area contributed by atoms with Crippen LogP contribution < -0.4 is 10.6 Å². The first-order valence-electron chi connectivity index (χ1n) is 9.37. The Hall–Kier alpha value is -1.88. The molecule has 2 aliphatic rings. The van der Waals surface area contributed by atoms with E-state index >= 15 is 0 Å².